The normalized spacial score (nSPS) is 17.3. The number of nitrogens with one attached hydrogen (secondary N) is 1. The lowest BCUT2D eigenvalue weighted by molar-refractivity contribution is 0.325. The largest absolute Gasteiger partial charge is 0.307 e. The second-order valence-corrected chi connectivity index (χ2v) is 7.37. The van der Waals surface area contributed by atoms with E-state index in [1.165, 1.54) is 89.0 Å². The minimum absolute atomic E-state index is 0.565. The van der Waals surface area contributed by atoms with Crippen LogP contribution in [0.1, 0.15) is 102 Å². The molecule has 2 rings (SSSR count). The van der Waals surface area contributed by atoms with Gasteiger partial charge in [0.15, 0.2) is 0 Å². The van der Waals surface area contributed by atoms with Gasteiger partial charge in [0.1, 0.15) is 0 Å². The van der Waals surface area contributed by atoms with Crippen LogP contribution in [0.4, 0.5) is 0 Å². The Labute approximate surface area is 144 Å². The molecular weight excluding hydrogens is 278 g/mol. The fourth-order valence-electron chi connectivity index (χ4n) is 3.89. The van der Waals surface area contributed by atoms with Crippen molar-refractivity contribution in [3.63, 3.8) is 0 Å². The van der Waals surface area contributed by atoms with Crippen molar-refractivity contribution in [3.8, 4) is 0 Å². The van der Waals surface area contributed by atoms with E-state index >= 15 is 0 Å². The number of benzene rings is 1. The average molecular weight is 316 g/mol. The Kier molecular flexibility index (Phi) is 9.40. The predicted octanol–water partition coefficient (Wildman–Crippen LogP) is 6.79. The van der Waals surface area contributed by atoms with Crippen LogP contribution in [0, 0.1) is 0 Å². The molecule has 130 valence electrons. The van der Waals surface area contributed by atoms with Crippen LogP contribution in [-0.4, -0.2) is 6.04 Å². The van der Waals surface area contributed by atoms with Crippen molar-refractivity contribution in [2.45, 2.75) is 102 Å². The smallest absolute Gasteiger partial charge is 0.0322 e. The summed E-state index contributed by atoms with van der Waals surface area (Å²) in [6, 6.07) is 12.4. The zero-order chi connectivity index (χ0) is 16.2. The molecule has 1 aliphatic carbocycles. The molecule has 1 unspecified atom stereocenters. The molecule has 1 aromatic carbocycles. The van der Waals surface area contributed by atoms with Gasteiger partial charge in [0, 0.05) is 12.1 Å². The molecule has 1 aliphatic rings. The van der Waals surface area contributed by atoms with E-state index in [0.29, 0.717) is 6.04 Å². The number of hydrogen-bond donors (Lipinski definition) is 1. The average Bonchev–Trinajstić information content (AvgIpc) is 2.61. The zero-order valence-corrected chi connectivity index (χ0v) is 15.2. The summed E-state index contributed by atoms with van der Waals surface area (Å²) in [4.78, 5) is 0. The highest BCUT2D eigenvalue weighted by atomic mass is 14.9. The summed E-state index contributed by atoms with van der Waals surface area (Å²) in [6.07, 6.45) is 18.1. The van der Waals surface area contributed by atoms with E-state index in [2.05, 4.69) is 42.6 Å². The van der Waals surface area contributed by atoms with Crippen LogP contribution in [0.5, 0.6) is 0 Å². The van der Waals surface area contributed by atoms with E-state index in [0.717, 1.165) is 6.04 Å². The van der Waals surface area contributed by atoms with Gasteiger partial charge in [-0.15, -0.1) is 0 Å². The van der Waals surface area contributed by atoms with Gasteiger partial charge in [-0.1, -0.05) is 101 Å². The lowest BCUT2D eigenvalue weighted by atomic mass is 9.92. The summed E-state index contributed by atoms with van der Waals surface area (Å²) < 4.78 is 0. The molecule has 23 heavy (non-hydrogen) atoms. The third-order valence-corrected chi connectivity index (χ3v) is 5.34. The maximum atomic E-state index is 3.98. The lowest BCUT2D eigenvalue weighted by Crippen LogP contribution is -2.34. The fraction of sp³-hybridized carbons (Fsp3) is 0.727. The first-order valence-electron chi connectivity index (χ1n) is 10.2. The number of unbranched alkanes of at least 4 members (excludes halogenated alkanes) is 6. The van der Waals surface area contributed by atoms with Crippen LogP contribution in [0.25, 0.3) is 0 Å². The van der Waals surface area contributed by atoms with Crippen molar-refractivity contribution >= 4 is 0 Å². The van der Waals surface area contributed by atoms with Gasteiger partial charge in [-0.2, -0.15) is 0 Å². The first kappa shape index (κ1) is 18.5. The first-order valence-corrected chi connectivity index (χ1v) is 10.2. The van der Waals surface area contributed by atoms with E-state index < -0.39 is 0 Å². The molecule has 1 aromatic rings. The van der Waals surface area contributed by atoms with Crippen LogP contribution in [0.2, 0.25) is 0 Å². The van der Waals surface area contributed by atoms with Crippen LogP contribution in [0.15, 0.2) is 30.3 Å². The highest BCUT2D eigenvalue weighted by Crippen LogP contribution is 2.25. The Hall–Kier alpha value is -0.820. The van der Waals surface area contributed by atoms with Gasteiger partial charge in [0.05, 0.1) is 0 Å². The van der Waals surface area contributed by atoms with Gasteiger partial charge in [-0.25, -0.2) is 0 Å². The van der Waals surface area contributed by atoms with Crippen molar-refractivity contribution in [2.24, 2.45) is 0 Å². The van der Waals surface area contributed by atoms with E-state index in [-0.39, 0.29) is 0 Å². The highest BCUT2D eigenvalue weighted by molar-refractivity contribution is 5.19. The summed E-state index contributed by atoms with van der Waals surface area (Å²) in [6.45, 7) is 2.29. The molecule has 0 aromatic heterocycles. The van der Waals surface area contributed by atoms with E-state index in [4.69, 9.17) is 0 Å². The van der Waals surface area contributed by atoms with E-state index in [9.17, 15) is 0 Å². The summed E-state index contributed by atoms with van der Waals surface area (Å²) in [5.41, 5.74) is 1.49. The molecule has 0 saturated heterocycles. The third-order valence-electron chi connectivity index (χ3n) is 5.34. The van der Waals surface area contributed by atoms with Gasteiger partial charge in [0.25, 0.3) is 0 Å². The molecule has 0 spiro atoms. The Morgan fingerprint density at radius 3 is 2.22 bits per heavy atom. The Morgan fingerprint density at radius 2 is 1.52 bits per heavy atom. The minimum Gasteiger partial charge on any atom is -0.307 e. The van der Waals surface area contributed by atoms with Crippen LogP contribution in [0.3, 0.4) is 0 Å². The second-order valence-electron chi connectivity index (χ2n) is 7.37. The zero-order valence-electron chi connectivity index (χ0n) is 15.2. The monoisotopic (exact) mass is 315 g/mol. The topological polar surface area (TPSA) is 12.0 Å². The Bertz CT molecular complexity index is 380. The summed E-state index contributed by atoms with van der Waals surface area (Å²) >= 11 is 0. The number of hydrogen-bond acceptors (Lipinski definition) is 1. The van der Waals surface area contributed by atoms with E-state index in [1.54, 1.807) is 0 Å². The van der Waals surface area contributed by atoms with Gasteiger partial charge in [-0.3, -0.25) is 0 Å². The van der Waals surface area contributed by atoms with Crippen LogP contribution < -0.4 is 5.32 Å². The summed E-state index contributed by atoms with van der Waals surface area (Å²) in [7, 11) is 0. The standard InChI is InChI=1S/C22H37N/c1-2-3-4-5-6-7-14-19-22(20-15-10-8-11-16-20)23-21-17-12-9-13-18-21/h8,10-11,15-16,21-23H,2-7,9,12-14,17-19H2,1H3. The fourth-order valence-corrected chi connectivity index (χ4v) is 3.89. The molecule has 1 nitrogen and oxygen atoms in total. The molecule has 1 saturated carbocycles. The summed E-state index contributed by atoms with van der Waals surface area (Å²) in [5, 5.41) is 3.98. The molecule has 1 N–H and O–H groups in total. The molecule has 0 aliphatic heterocycles. The molecule has 1 atom stereocenters. The molecular formula is C22H37N. The lowest BCUT2D eigenvalue weighted by Gasteiger charge is -2.29. The second kappa shape index (κ2) is 11.7. The quantitative estimate of drug-likeness (QED) is 0.443. The highest BCUT2D eigenvalue weighted by Gasteiger charge is 2.18. The Morgan fingerprint density at radius 1 is 0.870 bits per heavy atom. The van der Waals surface area contributed by atoms with Crippen molar-refractivity contribution < 1.29 is 0 Å². The first-order chi connectivity index (χ1) is 11.4. The van der Waals surface area contributed by atoms with Crippen LogP contribution >= 0.6 is 0 Å². The molecule has 1 heteroatoms. The van der Waals surface area contributed by atoms with Gasteiger partial charge in [-0.05, 0) is 24.8 Å². The maximum absolute atomic E-state index is 3.98. The minimum atomic E-state index is 0.565. The molecule has 0 radical (unpaired) electrons. The van der Waals surface area contributed by atoms with Gasteiger partial charge in [0.2, 0.25) is 0 Å². The molecule has 0 amide bonds. The third kappa shape index (κ3) is 7.52. The molecule has 1 fully saturated rings. The van der Waals surface area contributed by atoms with Crippen molar-refractivity contribution in [3.05, 3.63) is 35.9 Å². The number of rotatable bonds is 11. The van der Waals surface area contributed by atoms with Gasteiger partial charge < -0.3 is 5.32 Å². The van der Waals surface area contributed by atoms with Gasteiger partial charge >= 0.3 is 0 Å². The summed E-state index contributed by atoms with van der Waals surface area (Å²) in [5.74, 6) is 0. The molecule has 0 heterocycles. The molecule has 0 bridgehead atoms. The predicted molar refractivity (Wildman–Crippen MR) is 102 cm³/mol. The Balaban J connectivity index is 1.75. The maximum Gasteiger partial charge on any atom is 0.0322 e. The van der Waals surface area contributed by atoms with Crippen molar-refractivity contribution in [2.75, 3.05) is 0 Å². The van der Waals surface area contributed by atoms with Crippen LogP contribution in [-0.2, 0) is 0 Å². The van der Waals surface area contributed by atoms with E-state index in [1.807, 2.05) is 0 Å². The SMILES string of the molecule is CCCCCCCCCC(NC1CCCCC1)c1ccccc1. The van der Waals surface area contributed by atoms with Crippen molar-refractivity contribution in [1.29, 1.82) is 0 Å². The van der Waals surface area contributed by atoms with Crippen molar-refractivity contribution in [1.82, 2.24) is 5.32 Å².